The van der Waals surface area contributed by atoms with Crippen LogP contribution in [0.1, 0.15) is 25.7 Å². The summed E-state index contributed by atoms with van der Waals surface area (Å²) in [4.78, 5) is 21.4. The average molecular weight is 318 g/mol. The number of aliphatic hydroxyl groups is 1. The van der Waals surface area contributed by atoms with Crippen LogP contribution in [0, 0.1) is 5.92 Å². The fourth-order valence-corrected chi connectivity index (χ4v) is 2.88. The number of amides is 1. The van der Waals surface area contributed by atoms with Crippen molar-refractivity contribution >= 4 is 19.7 Å². The largest absolute Gasteiger partial charge is 0.481 e. The van der Waals surface area contributed by atoms with Crippen molar-refractivity contribution in [2.45, 2.75) is 37.7 Å². The first-order chi connectivity index (χ1) is 9.04. The van der Waals surface area contributed by atoms with Crippen molar-refractivity contribution in [1.29, 1.82) is 0 Å². The van der Waals surface area contributed by atoms with E-state index in [1.807, 2.05) is 0 Å². The number of hydrogen-bond acceptors (Lipinski definition) is 4. The van der Waals surface area contributed by atoms with E-state index in [0.29, 0.717) is 0 Å². The van der Waals surface area contributed by atoms with Gasteiger partial charge in [-0.25, -0.2) is 0 Å². The van der Waals surface area contributed by atoms with Gasteiger partial charge in [0.05, 0.1) is 0 Å². The first-order valence-electron chi connectivity index (χ1n) is 5.74. The molecule has 116 valence electrons. The van der Waals surface area contributed by atoms with Crippen molar-refractivity contribution in [3.8, 4) is 0 Å². The van der Waals surface area contributed by atoms with Crippen LogP contribution in [0.5, 0.6) is 0 Å². The second-order valence-electron chi connectivity index (χ2n) is 4.22. The molecule has 6 nitrogen and oxygen atoms in total. The van der Waals surface area contributed by atoms with Crippen LogP contribution in [-0.2, 0) is 14.2 Å². The summed E-state index contributed by atoms with van der Waals surface area (Å²) in [5.41, 5.74) is 4.83. The predicted octanol–water partition coefficient (Wildman–Crippen LogP) is 1.44. The van der Waals surface area contributed by atoms with Crippen LogP contribution in [0.15, 0.2) is 0 Å². The van der Waals surface area contributed by atoms with Gasteiger partial charge in [0.2, 0.25) is 5.91 Å². The van der Waals surface area contributed by atoms with Crippen molar-refractivity contribution in [2.75, 3.05) is 6.16 Å². The highest BCUT2D eigenvalue weighted by Crippen LogP contribution is 2.36. The lowest BCUT2D eigenvalue weighted by Gasteiger charge is -2.11. The molecule has 10 heteroatoms. The molecule has 0 radical (unpaired) electrons. The highest BCUT2D eigenvalue weighted by atomic mass is 31.1. The molecule has 1 amide bonds. The Morgan fingerprint density at radius 1 is 1.30 bits per heavy atom. The van der Waals surface area contributed by atoms with Gasteiger partial charge in [0.1, 0.15) is 12.1 Å². The number of rotatable bonds is 9. The molecule has 4 N–H and O–H groups in total. The number of carboxylic acid groups (broad SMARTS) is 1. The summed E-state index contributed by atoms with van der Waals surface area (Å²) in [5, 5.41) is 18.4. The Morgan fingerprint density at radius 3 is 2.25 bits per heavy atom. The first-order valence-corrected chi connectivity index (χ1v) is 7.25. The molecular formula is C10H16F3NO5P+. The van der Waals surface area contributed by atoms with Gasteiger partial charge in [-0.3, -0.25) is 9.59 Å². The highest BCUT2D eigenvalue weighted by Gasteiger charge is 2.40. The first kappa shape index (κ1) is 18.8. The topological polar surface area (TPSA) is 118 Å². The van der Waals surface area contributed by atoms with Crippen LogP contribution in [0.2, 0.25) is 0 Å². The van der Waals surface area contributed by atoms with Crippen LogP contribution in [0.25, 0.3) is 0 Å². The molecule has 0 aliphatic rings. The maximum Gasteiger partial charge on any atom is 0.389 e. The molecule has 0 spiro atoms. The van der Waals surface area contributed by atoms with Crippen molar-refractivity contribution < 1.29 is 37.5 Å². The van der Waals surface area contributed by atoms with E-state index < -0.39 is 56.6 Å². The predicted molar refractivity (Wildman–Crippen MR) is 63.3 cm³/mol. The third kappa shape index (κ3) is 8.06. The Kier molecular flexibility index (Phi) is 7.67. The van der Waals surface area contributed by atoms with Gasteiger partial charge < -0.3 is 15.9 Å². The summed E-state index contributed by atoms with van der Waals surface area (Å²) in [5.74, 6) is -5.54. The summed E-state index contributed by atoms with van der Waals surface area (Å²) in [7, 11) is -2.52. The number of carbonyl (C=O) groups excluding carboxylic acids is 1. The molecular weight excluding hydrogens is 302 g/mol. The summed E-state index contributed by atoms with van der Waals surface area (Å²) in [6.45, 7) is 0. The quantitative estimate of drug-likeness (QED) is 0.556. The molecule has 0 saturated carbocycles. The van der Waals surface area contributed by atoms with Gasteiger partial charge in [-0.15, -0.1) is 0 Å². The maximum absolute atomic E-state index is 11.9. The molecule has 0 bridgehead atoms. The van der Waals surface area contributed by atoms with Gasteiger partial charge in [0.25, 0.3) is 5.85 Å². The van der Waals surface area contributed by atoms with Crippen molar-refractivity contribution in [2.24, 2.45) is 11.7 Å². The Balaban J connectivity index is 4.42. The van der Waals surface area contributed by atoms with Crippen molar-refractivity contribution in [3.05, 3.63) is 0 Å². The average Bonchev–Trinajstić information content (AvgIpc) is 2.26. The minimum absolute atomic E-state index is 0.313. The van der Waals surface area contributed by atoms with E-state index in [1.54, 1.807) is 0 Å². The van der Waals surface area contributed by atoms with E-state index in [1.165, 1.54) is 0 Å². The zero-order valence-electron chi connectivity index (χ0n) is 10.5. The normalized spacial score (nSPS) is 15.5. The maximum atomic E-state index is 11.9. The number of nitrogens with two attached hydrogens (primary N) is 1. The molecule has 0 fully saturated rings. The number of carbonyl (C=O) groups is 2. The zero-order valence-corrected chi connectivity index (χ0v) is 11.4. The van der Waals surface area contributed by atoms with E-state index in [-0.39, 0.29) is 12.8 Å². The number of aliphatic hydroxyl groups excluding tert-OH is 1. The lowest BCUT2D eigenvalue weighted by molar-refractivity contribution is -0.144. The fourth-order valence-electron chi connectivity index (χ4n) is 1.47. The van der Waals surface area contributed by atoms with Crippen molar-refractivity contribution in [3.63, 3.8) is 0 Å². The van der Waals surface area contributed by atoms with Crippen LogP contribution in [0.3, 0.4) is 0 Å². The molecule has 0 heterocycles. The Labute approximate surface area is 113 Å². The standard InChI is InChI=1S/C10H15F3NO5P/c11-10(12,13)4-1-5-20(19)9(18)6(8(16)17)2-3-7(14)15/h6,9,18H,1-5H2,(H2-,14,15,16,17)/p+1. The molecule has 0 saturated heterocycles. The third-order valence-corrected chi connectivity index (χ3v) is 4.22. The molecule has 3 unspecified atom stereocenters. The van der Waals surface area contributed by atoms with Gasteiger partial charge in [-0.05, 0) is 12.8 Å². The van der Waals surface area contributed by atoms with E-state index >= 15 is 0 Å². The molecule has 0 rings (SSSR count). The third-order valence-electron chi connectivity index (χ3n) is 2.51. The van der Waals surface area contributed by atoms with E-state index in [0.717, 1.165) is 0 Å². The SMILES string of the molecule is NC(=O)CCC(C(=O)O)C(O)[P+](=O)CCCC(F)(F)F. The molecule has 0 aromatic carbocycles. The van der Waals surface area contributed by atoms with Crippen LogP contribution >= 0.6 is 7.80 Å². The number of alkyl halides is 3. The van der Waals surface area contributed by atoms with Crippen LogP contribution in [-0.4, -0.2) is 40.3 Å². The van der Waals surface area contributed by atoms with Crippen LogP contribution in [0.4, 0.5) is 13.2 Å². The number of carboxylic acids is 1. The van der Waals surface area contributed by atoms with Gasteiger partial charge in [0.15, 0.2) is 0 Å². The van der Waals surface area contributed by atoms with Crippen molar-refractivity contribution in [1.82, 2.24) is 0 Å². The van der Waals surface area contributed by atoms with E-state index in [4.69, 9.17) is 10.8 Å². The smallest absolute Gasteiger partial charge is 0.389 e. The van der Waals surface area contributed by atoms with Gasteiger partial charge in [0, 0.05) is 12.8 Å². The fraction of sp³-hybridized carbons (Fsp3) is 0.800. The minimum Gasteiger partial charge on any atom is -0.481 e. The summed E-state index contributed by atoms with van der Waals surface area (Å²) in [6.07, 6.45) is -7.07. The van der Waals surface area contributed by atoms with E-state index in [9.17, 15) is 32.4 Å². The van der Waals surface area contributed by atoms with Crippen LogP contribution < -0.4 is 5.73 Å². The minimum atomic E-state index is -4.39. The Bertz CT molecular complexity index is 374. The molecule has 0 aromatic rings. The van der Waals surface area contributed by atoms with E-state index in [2.05, 4.69) is 0 Å². The van der Waals surface area contributed by atoms with Gasteiger partial charge in [-0.1, -0.05) is 4.57 Å². The number of aliphatic carboxylic acids is 1. The summed E-state index contributed by atoms with van der Waals surface area (Å²) >= 11 is 0. The number of hydrogen-bond donors (Lipinski definition) is 3. The lowest BCUT2D eigenvalue weighted by Crippen LogP contribution is -2.27. The second kappa shape index (κ2) is 8.16. The lowest BCUT2D eigenvalue weighted by atomic mass is 10.0. The highest BCUT2D eigenvalue weighted by molar-refractivity contribution is 7.45. The molecule has 0 aromatic heterocycles. The molecule has 20 heavy (non-hydrogen) atoms. The Morgan fingerprint density at radius 2 is 1.85 bits per heavy atom. The van der Waals surface area contributed by atoms with Gasteiger partial charge in [-0.2, -0.15) is 13.2 Å². The van der Waals surface area contributed by atoms with Gasteiger partial charge >= 0.3 is 19.9 Å². The number of halogens is 3. The summed E-state index contributed by atoms with van der Waals surface area (Å²) in [6, 6.07) is 0. The molecule has 0 aliphatic heterocycles. The Hall–Kier alpha value is -1.21. The number of primary amides is 1. The molecule has 0 aliphatic carbocycles. The summed E-state index contributed by atoms with van der Waals surface area (Å²) < 4.78 is 47.3. The second-order valence-corrected chi connectivity index (χ2v) is 6.03. The monoisotopic (exact) mass is 318 g/mol. The zero-order chi connectivity index (χ0) is 15.9. The molecule has 3 atom stereocenters.